The number of nitrogens with one attached hydrogen (secondary N) is 1. The molecule has 0 saturated carbocycles. The van der Waals surface area contributed by atoms with Gasteiger partial charge in [0.2, 0.25) is 0 Å². The Morgan fingerprint density at radius 3 is 2.20 bits per heavy atom. The van der Waals surface area contributed by atoms with E-state index in [9.17, 15) is 26.7 Å². The molecule has 1 N–H and O–H groups in total. The van der Waals surface area contributed by atoms with Crippen LogP contribution in [0.25, 0.3) is 0 Å². The highest BCUT2D eigenvalue weighted by atomic mass is 35.5. The summed E-state index contributed by atoms with van der Waals surface area (Å²) in [6.45, 7) is 1.22. The number of carbonyl (C=O) groups excluding carboxylic acids is 1. The molecule has 112 valence electrons. The van der Waals surface area contributed by atoms with Crippen molar-refractivity contribution in [1.29, 1.82) is 0 Å². The lowest BCUT2D eigenvalue weighted by Gasteiger charge is -2.22. The molecule has 0 aromatic heterocycles. The summed E-state index contributed by atoms with van der Waals surface area (Å²) in [5.41, 5.74) is 0.169. The highest BCUT2D eigenvalue weighted by molar-refractivity contribution is 6.35. The fraction of sp³-hybridized carbons (Fsp3) is 0.364. The summed E-state index contributed by atoms with van der Waals surface area (Å²) in [4.78, 5) is 11.0. The Morgan fingerprint density at radius 1 is 1.20 bits per heavy atom. The summed E-state index contributed by atoms with van der Waals surface area (Å²) < 4.78 is 61.6. The Morgan fingerprint density at radius 2 is 1.75 bits per heavy atom. The summed E-state index contributed by atoms with van der Waals surface area (Å²) >= 11 is 11.4. The van der Waals surface area contributed by atoms with Gasteiger partial charge in [0.05, 0.1) is 6.04 Å². The van der Waals surface area contributed by atoms with E-state index in [0.29, 0.717) is 0 Å². The van der Waals surface area contributed by atoms with E-state index in [0.717, 1.165) is 0 Å². The lowest BCUT2D eigenvalue weighted by Crippen LogP contribution is -2.50. The van der Waals surface area contributed by atoms with Crippen molar-refractivity contribution < 1.29 is 26.7 Å². The molecule has 0 radical (unpaired) electrons. The fourth-order valence-electron chi connectivity index (χ4n) is 1.35. The number of carbonyl (C=O) groups is 1. The number of hydrogen-bond donors (Lipinski definition) is 1. The summed E-state index contributed by atoms with van der Waals surface area (Å²) in [6.07, 6.45) is -5.96. The average Bonchev–Trinajstić information content (AvgIpc) is 2.26. The lowest BCUT2D eigenvalue weighted by atomic mass is 10.1. The van der Waals surface area contributed by atoms with Gasteiger partial charge < -0.3 is 5.32 Å². The molecular weight excluding hydrogens is 328 g/mol. The second kappa shape index (κ2) is 5.73. The molecule has 20 heavy (non-hydrogen) atoms. The number of halogens is 7. The van der Waals surface area contributed by atoms with Crippen LogP contribution in [0, 0.1) is 0 Å². The van der Waals surface area contributed by atoms with E-state index < -0.39 is 24.0 Å². The third-order valence-electron chi connectivity index (χ3n) is 2.42. The molecule has 0 aliphatic carbocycles. The Bertz CT molecular complexity index is 518. The zero-order valence-corrected chi connectivity index (χ0v) is 11.4. The largest absolute Gasteiger partial charge is 0.463 e. The first-order valence-corrected chi connectivity index (χ1v) is 5.93. The molecule has 1 atom stereocenters. The van der Waals surface area contributed by atoms with Crippen LogP contribution in [0.1, 0.15) is 18.5 Å². The van der Waals surface area contributed by atoms with E-state index in [4.69, 9.17) is 23.2 Å². The first kappa shape index (κ1) is 17.0. The minimum absolute atomic E-state index is 0.0422. The minimum atomic E-state index is -5.96. The van der Waals surface area contributed by atoms with E-state index in [2.05, 4.69) is 0 Å². The molecule has 0 fully saturated rings. The number of rotatable bonds is 3. The van der Waals surface area contributed by atoms with Crippen molar-refractivity contribution in [3.05, 3.63) is 33.8 Å². The highest BCUT2D eigenvalue weighted by Crippen LogP contribution is 2.36. The fourth-order valence-corrected chi connectivity index (χ4v) is 1.92. The van der Waals surface area contributed by atoms with E-state index in [1.165, 1.54) is 25.1 Å². The van der Waals surface area contributed by atoms with Crippen molar-refractivity contribution in [1.82, 2.24) is 5.32 Å². The van der Waals surface area contributed by atoms with Crippen molar-refractivity contribution >= 4 is 29.1 Å². The van der Waals surface area contributed by atoms with Crippen LogP contribution in [-0.2, 0) is 4.79 Å². The van der Waals surface area contributed by atoms with Gasteiger partial charge >= 0.3 is 18.0 Å². The predicted octanol–water partition coefficient (Wildman–Crippen LogP) is 4.37. The van der Waals surface area contributed by atoms with Crippen LogP contribution >= 0.6 is 23.2 Å². The lowest BCUT2D eigenvalue weighted by molar-refractivity contribution is -0.270. The molecule has 9 heteroatoms. The highest BCUT2D eigenvalue weighted by Gasteiger charge is 2.63. The van der Waals surface area contributed by atoms with E-state index >= 15 is 0 Å². The van der Waals surface area contributed by atoms with Gasteiger partial charge in [-0.3, -0.25) is 4.79 Å². The molecule has 1 aromatic carbocycles. The van der Waals surface area contributed by atoms with E-state index in [-0.39, 0.29) is 15.6 Å². The molecule has 0 spiro atoms. The van der Waals surface area contributed by atoms with Gasteiger partial charge in [-0.25, -0.2) is 0 Å². The maximum atomic E-state index is 12.8. The van der Waals surface area contributed by atoms with Crippen LogP contribution in [-0.4, -0.2) is 18.0 Å². The molecule has 1 unspecified atom stereocenters. The van der Waals surface area contributed by atoms with Gasteiger partial charge in [0.25, 0.3) is 0 Å². The standard InChI is InChI=1S/C11H8Cl2F5NO/c1-5(7-3-2-6(12)4-8(7)13)19-9(20)10(14,15)11(16,17)18/h2-5H,1H3,(H,19,20). The van der Waals surface area contributed by atoms with Gasteiger partial charge in [-0.1, -0.05) is 29.3 Å². The molecule has 0 saturated heterocycles. The van der Waals surface area contributed by atoms with Gasteiger partial charge in [-0.05, 0) is 24.6 Å². The van der Waals surface area contributed by atoms with E-state index in [1.807, 2.05) is 0 Å². The molecule has 1 rings (SSSR count). The summed E-state index contributed by atoms with van der Waals surface area (Å²) in [6, 6.07) is 2.83. The number of amides is 1. The molecule has 0 aliphatic rings. The number of benzene rings is 1. The Hall–Kier alpha value is -1.08. The predicted molar refractivity (Wildman–Crippen MR) is 64.0 cm³/mol. The van der Waals surface area contributed by atoms with Crippen LogP contribution in [0.3, 0.4) is 0 Å². The summed E-state index contributed by atoms with van der Waals surface area (Å²) in [5.74, 6) is -7.91. The van der Waals surface area contributed by atoms with Crippen molar-refractivity contribution in [2.24, 2.45) is 0 Å². The van der Waals surface area contributed by atoms with Crippen LogP contribution in [0.2, 0.25) is 10.0 Å². The molecular formula is C11H8Cl2F5NO. The molecule has 1 aromatic rings. The van der Waals surface area contributed by atoms with Gasteiger partial charge in [0.1, 0.15) is 0 Å². The minimum Gasteiger partial charge on any atom is -0.344 e. The van der Waals surface area contributed by atoms with Gasteiger partial charge in [-0.15, -0.1) is 0 Å². The maximum Gasteiger partial charge on any atom is 0.463 e. The Kier molecular flexibility index (Phi) is 4.86. The third-order valence-corrected chi connectivity index (χ3v) is 2.98. The second-order valence-electron chi connectivity index (χ2n) is 3.93. The van der Waals surface area contributed by atoms with Gasteiger partial charge in [-0.2, -0.15) is 22.0 Å². The smallest absolute Gasteiger partial charge is 0.344 e. The molecule has 2 nitrogen and oxygen atoms in total. The van der Waals surface area contributed by atoms with E-state index in [1.54, 1.807) is 5.32 Å². The SMILES string of the molecule is CC(NC(=O)C(F)(F)C(F)(F)F)c1ccc(Cl)cc1Cl. The molecule has 1 amide bonds. The normalized spacial score (nSPS) is 14.0. The van der Waals surface area contributed by atoms with Crippen LogP contribution < -0.4 is 5.32 Å². The average molecular weight is 336 g/mol. The molecule has 0 aliphatic heterocycles. The maximum absolute atomic E-state index is 12.8. The van der Waals surface area contributed by atoms with Gasteiger partial charge in [0.15, 0.2) is 0 Å². The van der Waals surface area contributed by atoms with Crippen molar-refractivity contribution in [2.45, 2.75) is 25.1 Å². The second-order valence-corrected chi connectivity index (χ2v) is 4.78. The topological polar surface area (TPSA) is 29.1 Å². The molecule has 0 heterocycles. The van der Waals surface area contributed by atoms with Crippen LogP contribution in [0.5, 0.6) is 0 Å². The monoisotopic (exact) mass is 335 g/mol. The summed E-state index contributed by atoms with van der Waals surface area (Å²) in [5, 5.41) is 1.87. The third kappa shape index (κ3) is 3.52. The van der Waals surface area contributed by atoms with Crippen LogP contribution in [0.4, 0.5) is 22.0 Å². The summed E-state index contributed by atoms with van der Waals surface area (Å²) in [7, 11) is 0. The number of alkyl halides is 5. The van der Waals surface area contributed by atoms with Crippen molar-refractivity contribution in [3.8, 4) is 0 Å². The zero-order valence-electron chi connectivity index (χ0n) is 9.86. The Labute approximate surface area is 120 Å². The number of hydrogen-bond acceptors (Lipinski definition) is 1. The van der Waals surface area contributed by atoms with Gasteiger partial charge in [0, 0.05) is 10.0 Å². The molecule has 0 bridgehead atoms. The van der Waals surface area contributed by atoms with Crippen molar-refractivity contribution in [2.75, 3.05) is 0 Å². The zero-order chi connectivity index (χ0) is 15.7. The van der Waals surface area contributed by atoms with Crippen LogP contribution in [0.15, 0.2) is 18.2 Å². The first-order valence-electron chi connectivity index (χ1n) is 5.17. The Balaban J connectivity index is 2.91. The quantitative estimate of drug-likeness (QED) is 0.816. The first-order chi connectivity index (χ1) is 8.96. The van der Waals surface area contributed by atoms with Crippen molar-refractivity contribution in [3.63, 3.8) is 0 Å².